The number of ether oxygens (including phenoxy) is 1. The first-order chi connectivity index (χ1) is 6.72. The van der Waals surface area contributed by atoms with Gasteiger partial charge in [0.25, 0.3) is 0 Å². The van der Waals surface area contributed by atoms with E-state index < -0.39 is 0 Å². The van der Waals surface area contributed by atoms with Crippen molar-refractivity contribution in [2.24, 2.45) is 5.92 Å². The molecule has 1 aromatic rings. The van der Waals surface area contributed by atoms with Crippen LogP contribution in [0.4, 0.5) is 5.95 Å². The molecule has 14 heavy (non-hydrogen) atoms. The SMILES string of the molecule is CCOc1nc(N)n(C(C)C2CC2)n1. The van der Waals surface area contributed by atoms with Gasteiger partial charge in [0.05, 0.1) is 12.6 Å². The largest absolute Gasteiger partial charge is 0.463 e. The molecule has 0 aromatic carbocycles. The molecule has 1 aromatic heterocycles. The molecule has 5 nitrogen and oxygen atoms in total. The maximum atomic E-state index is 5.75. The van der Waals surface area contributed by atoms with Crippen molar-refractivity contribution in [3.63, 3.8) is 0 Å². The number of hydrogen-bond donors (Lipinski definition) is 1. The second-order valence-electron chi connectivity index (χ2n) is 3.71. The molecule has 0 amide bonds. The summed E-state index contributed by atoms with van der Waals surface area (Å²) in [4.78, 5) is 4.04. The minimum atomic E-state index is 0.344. The van der Waals surface area contributed by atoms with Crippen LogP contribution in [0.1, 0.15) is 32.7 Å². The standard InChI is InChI=1S/C9H16N4O/c1-3-14-9-11-8(10)13(12-9)6(2)7-4-5-7/h6-7H,3-5H2,1-2H3,(H2,10,11,12). The zero-order chi connectivity index (χ0) is 10.1. The number of aromatic nitrogens is 3. The smallest absolute Gasteiger partial charge is 0.337 e. The molecule has 0 aliphatic heterocycles. The summed E-state index contributed by atoms with van der Waals surface area (Å²) in [6.07, 6.45) is 2.54. The van der Waals surface area contributed by atoms with Gasteiger partial charge in [0.2, 0.25) is 5.95 Å². The van der Waals surface area contributed by atoms with Gasteiger partial charge in [0, 0.05) is 0 Å². The Morgan fingerprint density at radius 2 is 2.36 bits per heavy atom. The first-order valence-corrected chi connectivity index (χ1v) is 5.07. The van der Waals surface area contributed by atoms with Gasteiger partial charge >= 0.3 is 6.01 Å². The third-order valence-corrected chi connectivity index (χ3v) is 2.60. The monoisotopic (exact) mass is 196 g/mol. The lowest BCUT2D eigenvalue weighted by Gasteiger charge is -2.10. The number of rotatable bonds is 4. The van der Waals surface area contributed by atoms with Crippen LogP contribution in [0.15, 0.2) is 0 Å². The summed E-state index contributed by atoms with van der Waals surface area (Å²) in [5.74, 6) is 1.17. The minimum Gasteiger partial charge on any atom is -0.463 e. The molecule has 1 aliphatic rings. The van der Waals surface area contributed by atoms with Crippen LogP contribution in [0.5, 0.6) is 6.01 Å². The molecule has 1 heterocycles. The Morgan fingerprint density at radius 1 is 1.64 bits per heavy atom. The minimum absolute atomic E-state index is 0.344. The molecule has 0 spiro atoms. The van der Waals surface area contributed by atoms with E-state index >= 15 is 0 Å². The van der Waals surface area contributed by atoms with Crippen LogP contribution in [0.2, 0.25) is 0 Å². The lowest BCUT2D eigenvalue weighted by molar-refractivity contribution is 0.305. The van der Waals surface area contributed by atoms with E-state index in [2.05, 4.69) is 17.0 Å². The van der Waals surface area contributed by atoms with E-state index in [4.69, 9.17) is 10.5 Å². The Balaban J connectivity index is 2.15. The molecule has 2 rings (SSSR count). The van der Waals surface area contributed by atoms with Crippen LogP contribution in [-0.2, 0) is 0 Å². The average Bonchev–Trinajstić information content (AvgIpc) is 2.91. The maximum absolute atomic E-state index is 5.75. The van der Waals surface area contributed by atoms with Crippen LogP contribution >= 0.6 is 0 Å². The van der Waals surface area contributed by atoms with E-state index in [1.165, 1.54) is 12.8 Å². The highest BCUT2D eigenvalue weighted by molar-refractivity contribution is 5.19. The van der Waals surface area contributed by atoms with Gasteiger partial charge < -0.3 is 10.5 Å². The molecule has 1 saturated carbocycles. The van der Waals surface area contributed by atoms with E-state index in [0.29, 0.717) is 30.5 Å². The Hall–Kier alpha value is -1.26. The van der Waals surface area contributed by atoms with E-state index in [-0.39, 0.29) is 0 Å². The zero-order valence-electron chi connectivity index (χ0n) is 8.60. The molecule has 78 valence electrons. The quantitative estimate of drug-likeness (QED) is 0.786. The molecule has 2 N–H and O–H groups in total. The Morgan fingerprint density at radius 3 is 2.93 bits per heavy atom. The van der Waals surface area contributed by atoms with Crippen LogP contribution in [0.25, 0.3) is 0 Å². The van der Waals surface area contributed by atoms with Crippen molar-refractivity contribution in [1.29, 1.82) is 0 Å². The van der Waals surface area contributed by atoms with Crippen LogP contribution < -0.4 is 10.5 Å². The Labute approximate surface area is 83.3 Å². The first-order valence-electron chi connectivity index (χ1n) is 5.07. The van der Waals surface area contributed by atoms with Gasteiger partial charge in [0.1, 0.15) is 0 Å². The molecule has 5 heteroatoms. The van der Waals surface area contributed by atoms with Gasteiger partial charge in [-0.05, 0) is 32.6 Å². The van der Waals surface area contributed by atoms with E-state index in [9.17, 15) is 0 Å². The fourth-order valence-corrected chi connectivity index (χ4v) is 1.58. The number of hydrogen-bond acceptors (Lipinski definition) is 4. The summed E-state index contributed by atoms with van der Waals surface area (Å²) in [5.41, 5.74) is 5.75. The van der Waals surface area contributed by atoms with Gasteiger partial charge in [-0.2, -0.15) is 4.98 Å². The van der Waals surface area contributed by atoms with Crippen molar-refractivity contribution < 1.29 is 4.74 Å². The van der Waals surface area contributed by atoms with Gasteiger partial charge in [-0.15, -0.1) is 5.10 Å². The highest BCUT2D eigenvalue weighted by Gasteiger charge is 2.31. The van der Waals surface area contributed by atoms with E-state index in [1.807, 2.05) is 6.92 Å². The summed E-state index contributed by atoms with van der Waals surface area (Å²) >= 11 is 0. The van der Waals surface area contributed by atoms with Crippen LogP contribution in [0, 0.1) is 5.92 Å². The average molecular weight is 196 g/mol. The number of anilines is 1. The maximum Gasteiger partial charge on any atom is 0.337 e. The van der Waals surface area contributed by atoms with Crippen molar-refractivity contribution >= 4 is 5.95 Å². The third kappa shape index (κ3) is 1.66. The van der Waals surface area contributed by atoms with E-state index in [0.717, 1.165) is 0 Å². The highest BCUT2D eigenvalue weighted by atomic mass is 16.5. The predicted molar refractivity (Wildman–Crippen MR) is 53.0 cm³/mol. The van der Waals surface area contributed by atoms with Crippen molar-refractivity contribution in [1.82, 2.24) is 14.8 Å². The molecule has 1 atom stereocenters. The van der Waals surface area contributed by atoms with Crippen molar-refractivity contribution in [3.05, 3.63) is 0 Å². The highest BCUT2D eigenvalue weighted by Crippen LogP contribution is 2.39. The molecule has 0 bridgehead atoms. The molecule has 1 unspecified atom stereocenters. The fourth-order valence-electron chi connectivity index (χ4n) is 1.58. The fraction of sp³-hybridized carbons (Fsp3) is 0.778. The molecule has 0 saturated heterocycles. The summed E-state index contributed by atoms with van der Waals surface area (Å²) in [6.45, 7) is 4.60. The Kier molecular flexibility index (Phi) is 2.31. The summed E-state index contributed by atoms with van der Waals surface area (Å²) < 4.78 is 6.96. The summed E-state index contributed by atoms with van der Waals surface area (Å²) in [6, 6.07) is 0.731. The Bertz CT molecular complexity index is 319. The lowest BCUT2D eigenvalue weighted by atomic mass is 10.2. The van der Waals surface area contributed by atoms with Crippen molar-refractivity contribution in [2.45, 2.75) is 32.7 Å². The van der Waals surface area contributed by atoms with Gasteiger partial charge in [-0.1, -0.05) is 0 Å². The number of nitrogens with two attached hydrogens (primary N) is 1. The summed E-state index contributed by atoms with van der Waals surface area (Å²) in [5, 5.41) is 4.22. The topological polar surface area (TPSA) is 66.0 Å². The van der Waals surface area contributed by atoms with Crippen LogP contribution in [-0.4, -0.2) is 21.4 Å². The number of nitrogens with zero attached hydrogens (tertiary/aromatic N) is 3. The van der Waals surface area contributed by atoms with Crippen molar-refractivity contribution in [3.8, 4) is 6.01 Å². The summed E-state index contributed by atoms with van der Waals surface area (Å²) in [7, 11) is 0. The van der Waals surface area contributed by atoms with Crippen molar-refractivity contribution in [2.75, 3.05) is 12.3 Å². The lowest BCUT2D eigenvalue weighted by Crippen LogP contribution is -2.12. The predicted octanol–water partition coefficient (Wildman–Crippen LogP) is 1.23. The molecular weight excluding hydrogens is 180 g/mol. The number of nitrogen functional groups attached to an aromatic ring is 1. The normalized spacial score (nSPS) is 18.1. The second kappa shape index (κ2) is 3.48. The third-order valence-electron chi connectivity index (χ3n) is 2.60. The van der Waals surface area contributed by atoms with Gasteiger partial charge in [-0.25, -0.2) is 4.68 Å². The molecule has 1 aliphatic carbocycles. The molecule has 0 radical (unpaired) electrons. The second-order valence-corrected chi connectivity index (χ2v) is 3.71. The van der Waals surface area contributed by atoms with Crippen LogP contribution in [0.3, 0.4) is 0 Å². The molecular formula is C9H16N4O. The van der Waals surface area contributed by atoms with E-state index in [1.54, 1.807) is 4.68 Å². The van der Waals surface area contributed by atoms with Gasteiger partial charge in [0.15, 0.2) is 0 Å². The van der Waals surface area contributed by atoms with Gasteiger partial charge in [-0.3, -0.25) is 0 Å². The molecule has 1 fully saturated rings. The zero-order valence-corrected chi connectivity index (χ0v) is 8.60. The first kappa shape index (κ1) is 9.30.